The maximum Gasteiger partial charge on any atom is 0.241 e. The van der Waals surface area contributed by atoms with Crippen molar-refractivity contribution >= 4 is 148 Å². The molecule has 0 atom stereocenters. The summed E-state index contributed by atoms with van der Waals surface area (Å²) in [6.07, 6.45) is 0. The second-order valence-electron chi connectivity index (χ2n) is 29.9. The van der Waals surface area contributed by atoms with Crippen molar-refractivity contribution < 1.29 is 0 Å². The summed E-state index contributed by atoms with van der Waals surface area (Å²) < 4.78 is 13.9. The average molecular weight is 1470 g/mol. The minimum absolute atomic E-state index is 0.471. The van der Waals surface area contributed by atoms with Gasteiger partial charge >= 0.3 is 0 Å². The van der Waals surface area contributed by atoms with Gasteiger partial charge in [-0.3, -0.25) is 13.7 Å². The highest BCUT2D eigenvalue weighted by Crippen LogP contribution is 2.46. The van der Waals surface area contributed by atoms with Crippen molar-refractivity contribution in [1.82, 2.24) is 42.4 Å². The molecule has 10 heteroatoms. The van der Waals surface area contributed by atoms with Crippen LogP contribution in [0.15, 0.2) is 400 Å². The zero-order valence-corrected chi connectivity index (χ0v) is 62.1. The first kappa shape index (κ1) is 64.2. The van der Waals surface area contributed by atoms with Crippen LogP contribution in [-0.2, 0) is 0 Å². The van der Waals surface area contributed by atoms with Crippen LogP contribution in [0.3, 0.4) is 0 Å². The number of rotatable bonds is 12. The van der Waals surface area contributed by atoms with Gasteiger partial charge in [0.25, 0.3) is 0 Å². The molecular formula is C105H66N10. The molecule has 24 aromatic rings. The fraction of sp³-hybridized carbons (Fsp3) is 0. The number of nitrogens with zero attached hydrogens (tertiary/aromatic N) is 10. The van der Waals surface area contributed by atoms with Crippen LogP contribution in [0, 0.1) is 0 Å². The van der Waals surface area contributed by atoms with E-state index >= 15 is 0 Å². The summed E-state index contributed by atoms with van der Waals surface area (Å²) >= 11 is 0. The van der Waals surface area contributed by atoms with Gasteiger partial charge in [-0.05, 0) is 215 Å². The maximum absolute atomic E-state index is 5.88. The van der Waals surface area contributed by atoms with Crippen LogP contribution >= 0.6 is 0 Å². The van der Waals surface area contributed by atoms with Crippen LogP contribution < -0.4 is 4.90 Å². The summed E-state index contributed by atoms with van der Waals surface area (Å²) in [6.45, 7) is 0. The number of aromatic nitrogens is 9. The Balaban J connectivity index is 0.746. The van der Waals surface area contributed by atoms with E-state index in [-0.39, 0.29) is 0 Å². The molecule has 0 bridgehead atoms. The Kier molecular flexibility index (Phi) is 14.2. The molecule has 115 heavy (non-hydrogen) atoms. The van der Waals surface area contributed by atoms with Crippen LogP contribution in [0.1, 0.15) is 0 Å². The minimum Gasteiger partial charge on any atom is -0.310 e. The first-order valence-electron chi connectivity index (χ1n) is 39.1. The average Bonchev–Trinajstić information content (AvgIpc) is 1.57. The Morgan fingerprint density at radius 3 is 0.626 bits per heavy atom. The maximum atomic E-state index is 5.88. The molecule has 7 aromatic heterocycles. The van der Waals surface area contributed by atoms with E-state index in [1.165, 1.54) is 37.8 Å². The van der Waals surface area contributed by atoms with Gasteiger partial charge < -0.3 is 18.6 Å². The fourth-order valence-electron chi connectivity index (χ4n) is 18.5. The van der Waals surface area contributed by atoms with E-state index in [2.05, 4.69) is 433 Å². The first-order chi connectivity index (χ1) is 57.0. The van der Waals surface area contributed by atoms with E-state index in [1.807, 2.05) is 0 Å². The SMILES string of the molecule is c1ccc(N(c2ccccc2)c2ccc3c(c2)c2ccccc2n3-c2nc(-n3c4ccccc4c4cc(-c5ccc6c(c5)c5ccccc5n6-c5ccccc5)ccc43)nc(-n3c4ccc(-c5ccc6c(c5)c5ccccc5n6-c5ccccc5)cc4c4cc(-c5ccc6c(c5)c5ccccc5n6-c5ccccc5)ccc43)n2)cc1. The van der Waals surface area contributed by atoms with Gasteiger partial charge in [0.1, 0.15) is 0 Å². The number of benzene rings is 17. The summed E-state index contributed by atoms with van der Waals surface area (Å²) in [7, 11) is 0. The lowest BCUT2D eigenvalue weighted by atomic mass is 9.98. The number of fused-ring (bicyclic) bond motifs is 18. The molecule has 0 saturated heterocycles. The van der Waals surface area contributed by atoms with Gasteiger partial charge in [0, 0.05) is 98.8 Å². The van der Waals surface area contributed by atoms with Crippen molar-refractivity contribution in [3.63, 3.8) is 0 Å². The largest absolute Gasteiger partial charge is 0.310 e. The summed E-state index contributed by atoms with van der Waals surface area (Å²) in [5.41, 5.74) is 25.9. The Hall–Kier alpha value is -15.7. The second kappa shape index (κ2) is 25.5. The normalized spacial score (nSPS) is 12.0. The van der Waals surface area contributed by atoms with Gasteiger partial charge in [0.15, 0.2) is 0 Å². The van der Waals surface area contributed by atoms with Crippen LogP contribution in [0.5, 0.6) is 0 Å². The van der Waals surface area contributed by atoms with Gasteiger partial charge in [-0.15, -0.1) is 0 Å². The topological polar surface area (TPSA) is 71.5 Å². The van der Waals surface area contributed by atoms with Crippen molar-refractivity contribution in [2.45, 2.75) is 0 Å². The second-order valence-corrected chi connectivity index (χ2v) is 29.9. The van der Waals surface area contributed by atoms with E-state index in [0.29, 0.717) is 17.8 Å². The third-order valence-electron chi connectivity index (χ3n) is 23.6. The van der Waals surface area contributed by atoms with Crippen LogP contribution in [0.25, 0.3) is 199 Å². The number of para-hydroxylation sites is 10. The molecule has 0 unspecified atom stereocenters. The summed E-state index contributed by atoms with van der Waals surface area (Å²) in [5, 5.41) is 13.6. The van der Waals surface area contributed by atoms with Crippen molar-refractivity contribution in [3.05, 3.63) is 400 Å². The van der Waals surface area contributed by atoms with Crippen LogP contribution in [0.2, 0.25) is 0 Å². The highest BCUT2D eigenvalue weighted by Gasteiger charge is 2.27. The van der Waals surface area contributed by atoms with E-state index in [4.69, 9.17) is 15.0 Å². The predicted molar refractivity (Wildman–Crippen MR) is 477 cm³/mol. The smallest absolute Gasteiger partial charge is 0.241 e. The molecular weight excluding hydrogens is 1400 g/mol. The van der Waals surface area contributed by atoms with Crippen molar-refractivity contribution in [3.8, 4) is 68.3 Å². The third-order valence-corrected chi connectivity index (χ3v) is 23.6. The highest BCUT2D eigenvalue weighted by atomic mass is 15.3. The zero-order chi connectivity index (χ0) is 75.3. The van der Waals surface area contributed by atoms with Crippen LogP contribution in [-0.4, -0.2) is 42.4 Å². The molecule has 7 heterocycles. The van der Waals surface area contributed by atoms with Crippen molar-refractivity contribution in [2.75, 3.05) is 4.90 Å². The lowest BCUT2D eigenvalue weighted by molar-refractivity contribution is 0.848. The number of hydrogen-bond donors (Lipinski definition) is 0. The van der Waals surface area contributed by atoms with Gasteiger partial charge in [-0.1, -0.05) is 218 Å². The lowest BCUT2D eigenvalue weighted by Gasteiger charge is -2.25. The Labute approximate surface area is 659 Å². The number of hydrogen-bond acceptors (Lipinski definition) is 4. The monoisotopic (exact) mass is 1470 g/mol. The molecule has 24 rings (SSSR count). The molecule has 536 valence electrons. The van der Waals surface area contributed by atoms with Crippen LogP contribution in [0.4, 0.5) is 17.1 Å². The van der Waals surface area contributed by atoms with Gasteiger partial charge in [-0.25, -0.2) is 0 Å². The molecule has 0 spiro atoms. The van der Waals surface area contributed by atoms with E-state index in [0.717, 1.165) is 161 Å². The molecule has 0 amide bonds. The van der Waals surface area contributed by atoms with E-state index in [9.17, 15) is 0 Å². The molecule has 0 aliphatic carbocycles. The minimum atomic E-state index is 0.471. The molecule has 0 aliphatic heterocycles. The molecule has 0 saturated carbocycles. The fourth-order valence-corrected chi connectivity index (χ4v) is 18.5. The molecule has 17 aromatic carbocycles. The zero-order valence-electron chi connectivity index (χ0n) is 62.1. The van der Waals surface area contributed by atoms with Gasteiger partial charge in [0.2, 0.25) is 17.8 Å². The number of anilines is 3. The van der Waals surface area contributed by atoms with Crippen molar-refractivity contribution in [2.24, 2.45) is 0 Å². The Morgan fingerprint density at radius 2 is 0.348 bits per heavy atom. The third kappa shape index (κ3) is 9.99. The van der Waals surface area contributed by atoms with Gasteiger partial charge in [-0.2, -0.15) is 15.0 Å². The van der Waals surface area contributed by atoms with Crippen molar-refractivity contribution in [1.29, 1.82) is 0 Å². The summed E-state index contributed by atoms with van der Waals surface area (Å²) in [4.78, 5) is 19.9. The predicted octanol–water partition coefficient (Wildman–Crippen LogP) is 26.9. The molecule has 0 aliphatic rings. The Morgan fingerprint density at radius 1 is 0.148 bits per heavy atom. The van der Waals surface area contributed by atoms with E-state index in [1.54, 1.807) is 0 Å². The standard InChI is InChI=1S/C105H66N10/c1-6-26-73(27-7-1)109(74-28-8-2-9-29-74)78-52-59-102-90(66-78)83-40-20-25-45-95(83)114(102)104-106-103(113-94-44-24-19-39-82(94)87-63-70(49-56-99(87)113)67-46-53-96-84(60-67)79-36-16-21-41-91(79)110(96)75-30-10-3-11-31-75)107-105(108-104)115-100-57-50-71(68-47-54-97-85(61-68)80-37-17-22-42-92(80)111(97)76-32-12-4-13-33-76)64-88(100)89-65-72(51-58-101(89)115)69-48-55-98-86(62-69)81-38-18-23-43-93(81)112(98)77-34-14-5-15-35-77/h1-66H. The summed E-state index contributed by atoms with van der Waals surface area (Å²) in [6, 6.07) is 145. The quantitative estimate of drug-likeness (QED) is 0.122. The molecule has 0 fully saturated rings. The first-order valence-corrected chi connectivity index (χ1v) is 39.1. The summed E-state index contributed by atoms with van der Waals surface area (Å²) in [5.74, 6) is 1.42. The van der Waals surface area contributed by atoms with Gasteiger partial charge in [0.05, 0.1) is 66.2 Å². The highest BCUT2D eigenvalue weighted by molar-refractivity contribution is 6.17. The molecule has 10 nitrogen and oxygen atoms in total. The molecule has 0 radical (unpaired) electrons. The lowest BCUT2D eigenvalue weighted by Crippen LogP contribution is -2.13. The van der Waals surface area contributed by atoms with E-state index < -0.39 is 0 Å². The Bertz CT molecular complexity index is 7830. The molecule has 0 N–H and O–H groups in total.